The molecule has 0 aromatic heterocycles. The van der Waals surface area contributed by atoms with Crippen molar-refractivity contribution >= 4 is 11.6 Å². The van der Waals surface area contributed by atoms with E-state index < -0.39 is 0 Å². The summed E-state index contributed by atoms with van der Waals surface area (Å²) in [7, 11) is 0. The molecule has 1 N–H and O–H groups in total. The number of hydrogen-bond donors (Lipinski definition) is 1. The second-order valence-corrected chi connectivity index (χ2v) is 6.53. The third kappa shape index (κ3) is 3.74. The molecule has 5 heteroatoms. The summed E-state index contributed by atoms with van der Waals surface area (Å²) in [5.74, 6) is 0.859. The molecule has 0 bridgehead atoms. The van der Waals surface area contributed by atoms with Crippen LogP contribution in [0.25, 0.3) is 0 Å². The highest BCUT2D eigenvalue weighted by Crippen LogP contribution is 2.30. The van der Waals surface area contributed by atoms with Gasteiger partial charge in [-0.15, -0.1) is 0 Å². The van der Waals surface area contributed by atoms with Crippen molar-refractivity contribution in [3.05, 3.63) is 28.8 Å². The maximum Gasteiger partial charge on any atom is 0.142 e. The fourth-order valence-corrected chi connectivity index (χ4v) is 3.77. The SMILES string of the molecule is CCOc1c(Cl)cccc1CN1CCC(N2CCNCC2)C1. The molecule has 22 heavy (non-hydrogen) atoms. The third-order valence-corrected chi connectivity index (χ3v) is 4.94. The number of nitrogens with one attached hydrogen (secondary N) is 1. The Balaban J connectivity index is 1.61. The van der Waals surface area contributed by atoms with Crippen molar-refractivity contribution in [1.82, 2.24) is 15.1 Å². The number of ether oxygens (including phenoxy) is 1. The van der Waals surface area contributed by atoms with Gasteiger partial charge in [-0.3, -0.25) is 9.80 Å². The van der Waals surface area contributed by atoms with Gasteiger partial charge >= 0.3 is 0 Å². The van der Waals surface area contributed by atoms with Crippen LogP contribution in [0.3, 0.4) is 0 Å². The van der Waals surface area contributed by atoms with Crippen LogP contribution in [-0.2, 0) is 6.54 Å². The van der Waals surface area contributed by atoms with E-state index in [4.69, 9.17) is 16.3 Å². The summed E-state index contributed by atoms with van der Waals surface area (Å²) in [5.41, 5.74) is 1.20. The molecule has 2 heterocycles. The molecule has 2 aliphatic rings. The molecule has 2 fully saturated rings. The van der Waals surface area contributed by atoms with E-state index in [1.807, 2.05) is 19.1 Å². The lowest BCUT2D eigenvalue weighted by Crippen LogP contribution is -2.49. The first-order valence-corrected chi connectivity index (χ1v) is 8.73. The summed E-state index contributed by atoms with van der Waals surface area (Å²) in [6, 6.07) is 6.76. The van der Waals surface area contributed by atoms with E-state index in [0.29, 0.717) is 12.6 Å². The highest BCUT2D eigenvalue weighted by atomic mass is 35.5. The molecule has 0 aliphatic carbocycles. The molecule has 1 aromatic rings. The van der Waals surface area contributed by atoms with Crippen LogP contribution in [-0.4, -0.2) is 61.7 Å². The molecule has 2 aliphatic heterocycles. The normalized spacial score (nSPS) is 23.8. The maximum atomic E-state index is 6.29. The Hall–Kier alpha value is -0.810. The molecule has 0 saturated carbocycles. The van der Waals surface area contributed by atoms with Gasteiger partial charge in [-0.05, 0) is 19.4 Å². The zero-order valence-corrected chi connectivity index (χ0v) is 14.1. The quantitative estimate of drug-likeness (QED) is 0.899. The Morgan fingerprint density at radius 1 is 1.27 bits per heavy atom. The Morgan fingerprint density at radius 3 is 2.86 bits per heavy atom. The van der Waals surface area contributed by atoms with Crippen LogP contribution in [0.15, 0.2) is 18.2 Å². The molecule has 3 rings (SSSR count). The summed E-state index contributed by atoms with van der Waals surface area (Å²) in [4.78, 5) is 5.17. The van der Waals surface area contributed by atoms with E-state index in [1.165, 1.54) is 25.1 Å². The predicted octanol–water partition coefficient (Wildman–Crippen LogP) is 2.22. The lowest BCUT2D eigenvalue weighted by atomic mass is 10.2. The number of halogens is 1. The van der Waals surface area contributed by atoms with Crippen LogP contribution >= 0.6 is 11.6 Å². The van der Waals surface area contributed by atoms with Crippen LogP contribution in [0.4, 0.5) is 0 Å². The molecule has 4 nitrogen and oxygen atoms in total. The van der Waals surface area contributed by atoms with E-state index in [1.54, 1.807) is 0 Å². The van der Waals surface area contributed by atoms with Crippen molar-refractivity contribution < 1.29 is 4.74 Å². The van der Waals surface area contributed by atoms with Gasteiger partial charge in [0.05, 0.1) is 11.6 Å². The van der Waals surface area contributed by atoms with Gasteiger partial charge in [0.2, 0.25) is 0 Å². The van der Waals surface area contributed by atoms with Crippen molar-refractivity contribution in [2.75, 3.05) is 45.9 Å². The van der Waals surface area contributed by atoms with Crippen LogP contribution in [0, 0.1) is 0 Å². The third-order valence-electron chi connectivity index (χ3n) is 4.65. The Labute approximate surface area is 138 Å². The molecule has 0 radical (unpaired) electrons. The van der Waals surface area contributed by atoms with Crippen molar-refractivity contribution in [3.63, 3.8) is 0 Å². The standard InChI is InChI=1S/C17H26ClN3O/c1-2-22-17-14(4-3-5-16(17)18)12-20-9-6-15(13-20)21-10-7-19-8-11-21/h3-5,15,19H,2,6-13H2,1H3. The van der Waals surface area contributed by atoms with Gasteiger partial charge in [0.15, 0.2) is 0 Å². The number of piperazine rings is 1. The summed E-state index contributed by atoms with van der Waals surface area (Å²) in [6.45, 7) is 10.5. The van der Waals surface area contributed by atoms with Gasteiger partial charge in [0.1, 0.15) is 5.75 Å². The molecular formula is C17H26ClN3O. The Morgan fingerprint density at radius 2 is 2.09 bits per heavy atom. The summed E-state index contributed by atoms with van der Waals surface area (Å²) < 4.78 is 5.74. The van der Waals surface area contributed by atoms with Gasteiger partial charge in [0.25, 0.3) is 0 Å². The average molecular weight is 324 g/mol. The van der Waals surface area contributed by atoms with Crippen molar-refractivity contribution in [3.8, 4) is 5.75 Å². The van der Waals surface area contributed by atoms with Gasteiger partial charge in [-0.25, -0.2) is 0 Å². The van der Waals surface area contributed by atoms with Crippen LogP contribution in [0.1, 0.15) is 18.9 Å². The topological polar surface area (TPSA) is 27.7 Å². The first kappa shape index (κ1) is 16.1. The highest BCUT2D eigenvalue weighted by Gasteiger charge is 2.28. The van der Waals surface area contributed by atoms with Crippen LogP contribution < -0.4 is 10.1 Å². The average Bonchev–Trinajstić information content (AvgIpc) is 3.00. The summed E-state index contributed by atoms with van der Waals surface area (Å²) in [6.07, 6.45) is 1.27. The smallest absolute Gasteiger partial charge is 0.142 e. The minimum Gasteiger partial charge on any atom is -0.492 e. The van der Waals surface area contributed by atoms with E-state index in [9.17, 15) is 0 Å². The van der Waals surface area contributed by atoms with Crippen molar-refractivity contribution in [2.24, 2.45) is 0 Å². The molecule has 1 atom stereocenters. The van der Waals surface area contributed by atoms with E-state index in [2.05, 4.69) is 21.2 Å². The monoisotopic (exact) mass is 323 g/mol. The number of rotatable bonds is 5. The van der Waals surface area contributed by atoms with Gasteiger partial charge in [-0.1, -0.05) is 23.7 Å². The summed E-state index contributed by atoms with van der Waals surface area (Å²) >= 11 is 6.29. The molecule has 1 aromatic carbocycles. The second-order valence-electron chi connectivity index (χ2n) is 6.12. The molecule has 1 unspecified atom stereocenters. The van der Waals surface area contributed by atoms with Crippen molar-refractivity contribution in [1.29, 1.82) is 0 Å². The van der Waals surface area contributed by atoms with Gasteiger partial charge in [0, 0.05) is 57.4 Å². The fourth-order valence-electron chi connectivity index (χ4n) is 3.53. The molecular weight excluding hydrogens is 298 g/mol. The van der Waals surface area contributed by atoms with Crippen LogP contribution in [0.5, 0.6) is 5.75 Å². The largest absolute Gasteiger partial charge is 0.492 e. The van der Waals surface area contributed by atoms with E-state index >= 15 is 0 Å². The number of nitrogens with zero attached hydrogens (tertiary/aromatic N) is 2. The van der Waals surface area contributed by atoms with E-state index in [-0.39, 0.29) is 0 Å². The first-order valence-electron chi connectivity index (χ1n) is 8.35. The zero-order chi connectivity index (χ0) is 15.4. The molecule has 0 spiro atoms. The number of para-hydroxylation sites is 1. The molecule has 2 saturated heterocycles. The van der Waals surface area contributed by atoms with Crippen LogP contribution in [0.2, 0.25) is 5.02 Å². The Kier molecular flexibility index (Phi) is 5.58. The first-order chi connectivity index (χ1) is 10.8. The van der Waals surface area contributed by atoms with Gasteiger partial charge < -0.3 is 10.1 Å². The number of hydrogen-bond acceptors (Lipinski definition) is 4. The fraction of sp³-hybridized carbons (Fsp3) is 0.647. The molecule has 0 amide bonds. The predicted molar refractivity (Wildman–Crippen MR) is 90.7 cm³/mol. The number of likely N-dealkylation sites (tertiary alicyclic amines) is 1. The van der Waals surface area contributed by atoms with E-state index in [0.717, 1.165) is 43.5 Å². The lowest BCUT2D eigenvalue weighted by molar-refractivity contribution is 0.170. The zero-order valence-electron chi connectivity index (χ0n) is 13.4. The van der Waals surface area contributed by atoms with Gasteiger partial charge in [-0.2, -0.15) is 0 Å². The number of benzene rings is 1. The minimum atomic E-state index is 0.653. The minimum absolute atomic E-state index is 0.653. The second kappa shape index (κ2) is 7.64. The Bertz CT molecular complexity index is 491. The highest BCUT2D eigenvalue weighted by molar-refractivity contribution is 6.32. The molecule has 122 valence electrons. The van der Waals surface area contributed by atoms with Crippen molar-refractivity contribution in [2.45, 2.75) is 25.9 Å². The maximum absolute atomic E-state index is 6.29. The lowest BCUT2D eigenvalue weighted by Gasteiger charge is -2.32. The summed E-state index contributed by atoms with van der Waals surface area (Å²) in [5, 5.41) is 4.15.